The minimum atomic E-state index is 0. The summed E-state index contributed by atoms with van der Waals surface area (Å²) in [5.41, 5.74) is 1.06. The molecule has 9 nitrogen and oxygen atoms in total. The van der Waals surface area contributed by atoms with Crippen LogP contribution in [0.15, 0.2) is 23.3 Å². The number of nitrogens with one attached hydrogen (secondary N) is 2. The van der Waals surface area contributed by atoms with Crippen molar-refractivity contribution in [1.29, 1.82) is 0 Å². The van der Waals surface area contributed by atoms with Gasteiger partial charge in [-0.15, -0.1) is 24.0 Å². The van der Waals surface area contributed by atoms with Crippen LogP contribution in [0.4, 0.5) is 0 Å². The van der Waals surface area contributed by atoms with Gasteiger partial charge in [0.15, 0.2) is 11.8 Å². The summed E-state index contributed by atoms with van der Waals surface area (Å²) in [6.45, 7) is 1.84. The summed E-state index contributed by atoms with van der Waals surface area (Å²) in [4.78, 5) is 13.0. The maximum atomic E-state index is 5.11. The highest BCUT2D eigenvalue weighted by Crippen LogP contribution is 2.13. The summed E-state index contributed by atoms with van der Waals surface area (Å²) in [5.74, 6) is 3.11. The second-order valence-corrected chi connectivity index (χ2v) is 6.07. The van der Waals surface area contributed by atoms with E-state index < -0.39 is 0 Å². The van der Waals surface area contributed by atoms with E-state index in [0.717, 1.165) is 42.6 Å². The summed E-state index contributed by atoms with van der Waals surface area (Å²) in [6.07, 6.45) is 3.66. The Hall–Kier alpha value is -1.95. The fourth-order valence-corrected chi connectivity index (χ4v) is 2.88. The minimum absolute atomic E-state index is 0. The number of hydrogen-bond acceptors (Lipinski definition) is 6. The van der Waals surface area contributed by atoms with Crippen molar-refractivity contribution < 1.29 is 9.47 Å². The number of aryl methyl sites for hydroxylation is 1. The average molecular weight is 487 g/mol. The number of nitrogens with zero attached hydrogens (tertiary/aromatic N) is 5. The first-order chi connectivity index (χ1) is 12.7. The SMILES string of the molecule is CN=C(NCc1ccc(OC)nc1)NC1CCc2nc(COC)nn2C1.I. The second kappa shape index (κ2) is 10.4. The number of ether oxygens (including phenoxy) is 2. The summed E-state index contributed by atoms with van der Waals surface area (Å²) >= 11 is 0. The molecule has 148 valence electrons. The van der Waals surface area contributed by atoms with Crippen LogP contribution < -0.4 is 15.4 Å². The van der Waals surface area contributed by atoms with Crippen LogP contribution in [0.25, 0.3) is 0 Å². The lowest BCUT2D eigenvalue weighted by Crippen LogP contribution is -2.46. The summed E-state index contributed by atoms with van der Waals surface area (Å²) < 4.78 is 12.1. The quantitative estimate of drug-likeness (QED) is 0.358. The lowest BCUT2D eigenvalue weighted by atomic mass is 10.1. The van der Waals surface area contributed by atoms with E-state index in [2.05, 4.69) is 30.7 Å². The fourth-order valence-electron chi connectivity index (χ4n) is 2.88. The van der Waals surface area contributed by atoms with Crippen molar-refractivity contribution in [3.63, 3.8) is 0 Å². The van der Waals surface area contributed by atoms with Gasteiger partial charge in [-0.25, -0.2) is 14.6 Å². The third-order valence-corrected chi connectivity index (χ3v) is 4.21. The Morgan fingerprint density at radius 3 is 2.89 bits per heavy atom. The number of aromatic nitrogens is 4. The molecule has 1 aliphatic rings. The summed E-state index contributed by atoms with van der Waals surface area (Å²) in [5, 5.41) is 11.3. The Morgan fingerprint density at radius 1 is 1.37 bits per heavy atom. The maximum absolute atomic E-state index is 5.11. The molecule has 1 aliphatic heterocycles. The van der Waals surface area contributed by atoms with Gasteiger partial charge in [-0.3, -0.25) is 4.99 Å². The summed E-state index contributed by atoms with van der Waals surface area (Å²) in [7, 11) is 5.02. The molecule has 0 aliphatic carbocycles. The highest BCUT2D eigenvalue weighted by molar-refractivity contribution is 14.0. The van der Waals surface area contributed by atoms with Gasteiger partial charge >= 0.3 is 0 Å². The van der Waals surface area contributed by atoms with E-state index in [1.165, 1.54) is 0 Å². The molecule has 1 atom stereocenters. The van der Waals surface area contributed by atoms with Gasteiger partial charge in [-0.2, -0.15) is 5.10 Å². The molecule has 0 spiro atoms. The van der Waals surface area contributed by atoms with E-state index in [1.54, 1.807) is 27.5 Å². The van der Waals surface area contributed by atoms with Gasteiger partial charge in [-0.1, -0.05) is 6.07 Å². The molecule has 10 heteroatoms. The molecule has 0 radical (unpaired) electrons. The largest absolute Gasteiger partial charge is 0.481 e. The third-order valence-electron chi connectivity index (χ3n) is 4.21. The number of guanidine groups is 1. The fraction of sp³-hybridized carbons (Fsp3) is 0.529. The van der Waals surface area contributed by atoms with Crippen LogP contribution in [0, 0.1) is 0 Å². The smallest absolute Gasteiger partial charge is 0.212 e. The van der Waals surface area contributed by atoms with Crippen LogP contribution in [0.1, 0.15) is 23.6 Å². The molecule has 2 N–H and O–H groups in total. The first-order valence-electron chi connectivity index (χ1n) is 8.59. The lowest BCUT2D eigenvalue weighted by Gasteiger charge is -2.25. The molecule has 2 aromatic heterocycles. The van der Waals surface area contributed by atoms with Gasteiger partial charge in [0.05, 0.1) is 13.7 Å². The standard InChI is InChI=1S/C17H25N7O2.HI/c1-18-17(20-9-12-4-7-16(26-3)19-8-12)21-13-5-6-15-22-14(11-25-2)23-24(15)10-13;/h4,7-8,13H,5-6,9-11H2,1-3H3,(H2,18,20,21);1H. The summed E-state index contributed by atoms with van der Waals surface area (Å²) in [6, 6.07) is 4.07. The average Bonchev–Trinajstić information content (AvgIpc) is 3.07. The predicted octanol–water partition coefficient (Wildman–Crippen LogP) is 1.13. The molecule has 27 heavy (non-hydrogen) atoms. The van der Waals surface area contributed by atoms with Gasteiger partial charge < -0.3 is 20.1 Å². The van der Waals surface area contributed by atoms with Crippen molar-refractivity contribution in [2.45, 2.75) is 38.6 Å². The minimum Gasteiger partial charge on any atom is -0.481 e. The van der Waals surface area contributed by atoms with Crippen LogP contribution in [0.3, 0.4) is 0 Å². The van der Waals surface area contributed by atoms with Crippen molar-refractivity contribution in [3.05, 3.63) is 35.5 Å². The Kier molecular flexibility index (Phi) is 8.23. The van der Waals surface area contributed by atoms with Crippen LogP contribution in [0.5, 0.6) is 5.88 Å². The molecular formula is C17H26IN7O2. The van der Waals surface area contributed by atoms with E-state index in [4.69, 9.17) is 9.47 Å². The number of hydrogen-bond donors (Lipinski definition) is 2. The van der Waals surface area contributed by atoms with Gasteiger partial charge in [0.2, 0.25) is 5.88 Å². The monoisotopic (exact) mass is 487 g/mol. The number of pyridine rings is 1. The number of fused-ring (bicyclic) bond motifs is 1. The molecule has 3 rings (SSSR count). The highest BCUT2D eigenvalue weighted by Gasteiger charge is 2.22. The number of rotatable bonds is 6. The number of methoxy groups -OCH3 is 2. The van der Waals surface area contributed by atoms with E-state index in [0.29, 0.717) is 19.0 Å². The van der Waals surface area contributed by atoms with Crippen molar-refractivity contribution in [1.82, 2.24) is 30.4 Å². The van der Waals surface area contributed by atoms with Gasteiger partial charge in [0.1, 0.15) is 12.4 Å². The van der Waals surface area contributed by atoms with Gasteiger partial charge in [0.25, 0.3) is 0 Å². The molecule has 0 saturated heterocycles. The Labute approximate surface area is 176 Å². The van der Waals surface area contributed by atoms with Crippen molar-refractivity contribution in [2.24, 2.45) is 4.99 Å². The molecule has 0 bridgehead atoms. The van der Waals surface area contributed by atoms with Gasteiger partial charge in [0, 0.05) is 45.4 Å². The van der Waals surface area contributed by atoms with Crippen LogP contribution in [-0.2, 0) is 30.9 Å². The maximum Gasteiger partial charge on any atom is 0.212 e. The molecule has 0 amide bonds. The Bertz CT molecular complexity index is 748. The zero-order valence-electron chi connectivity index (χ0n) is 15.8. The van der Waals surface area contributed by atoms with Crippen molar-refractivity contribution in [3.8, 4) is 5.88 Å². The normalized spacial score (nSPS) is 16.3. The molecule has 1 unspecified atom stereocenters. The number of halogens is 1. The molecule has 0 fully saturated rings. The van der Waals surface area contributed by atoms with E-state index in [-0.39, 0.29) is 30.0 Å². The zero-order chi connectivity index (χ0) is 18.4. The number of aliphatic imine (C=N–C) groups is 1. The molecular weight excluding hydrogens is 461 g/mol. The topological polar surface area (TPSA) is 98.5 Å². The first-order valence-corrected chi connectivity index (χ1v) is 8.59. The second-order valence-electron chi connectivity index (χ2n) is 6.07. The van der Waals surface area contributed by atoms with Crippen LogP contribution >= 0.6 is 24.0 Å². The van der Waals surface area contributed by atoms with Gasteiger partial charge in [-0.05, 0) is 12.0 Å². The molecule has 3 heterocycles. The third kappa shape index (κ3) is 5.76. The van der Waals surface area contributed by atoms with Crippen molar-refractivity contribution >= 4 is 29.9 Å². The Morgan fingerprint density at radius 2 is 2.22 bits per heavy atom. The molecule has 0 aromatic carbocycles. The molecule has 0 saturated carbocycles. The van der Waals surface area contributed by atoms with Crippen LogP contribution in [0.2, 0.25) is 0 Å². The van der Waals surface area contributed by atoms with Crippen LogP contribution in [-0.4, -0.2) is 53.0 Å². The lowest BCUT2D eigenvalue weighted by molar-refractivity contribution is 0.177. The molecule has 2 aromatic rings. The first kappa shape index (κ1) is 21.4. The van der Waals surface area contributed by atoms with E-state index in [1.807, 2.05) is 16.8 Å². The Balaban J connectivity index is 0.00000261. The highest BCUT2D eigenvalue weighted by atomic mass is 127. The van der Waals surface area contributed by atoms with E-state index in [9.17, 15) is 0 Å². The predicted molar refractivity (Wildman–Crippen MR) is 112 cm³/mol. The zero-order valence-corrected chi connectivity index (χ0v) is 18.1. The van der Waals surface area contributed by atoms with Crippen molar-refractivity contribution in [2.75, 3.05) is 21.3 Å². The van der Waals surface area contributed by atoms with E-state index >= 15 is 0 Å².